The number of aromatic nitrogens is 2. The Hall–Kier alpha value is -3.35. The SMILES string of the molecule is CC(C)OC(=O)Cn1c(C(C)NC(=O)COc2ccccc2)nc2ccccc21. The first-order valence-corrected chi connectivity index (χ1v) is 9.56. The average molecular weight is 395 g/mol. The van der Waals surface area contributed by atoms with Crippen molar-refractivity contribution in [2.45, 2.75) is 39.5 Å². The second-order valence-electron chi connectivity index (χ2n) is 6.97. The Bertz CT molecular complexity index is 982. The molecule has 0 bridgehead atoms. The molecule has 0 fully saturated rings. The van der Waals surface area contributed by atoms with Crippen LogP contribution in [0.2, 0.25) is 0 Å². The number of nitrogens with zero attached hydrogens (tertiary/aromatic N) is 2. The molecular formula is C22H25N3O4. The summed E-state index contributed by atoms with van der Waals surface area (Å²) in [6, 6.07) is 16.3. The maximum Gasteiger partial charge on any atom is 0.326 e. The summed E-state index contributed by atoms with van der Waals surface area (Å²) >= 11 is 0. The largest absolute Gasteiger partial charge is 0.484 e. The highest BCUT2D eigenvalue weighted by Gasteiger charge is 2.21. The fraction of sp³-hybridized carbons (Fsp3) is 0.318. The highest BCUT2D eigenvalue weighted by Crippen LogP contribution is 2.21. The van der Waals surface area contributed by atoms with Gasteiger partial charge in [0.1, 0.15) is 18.1 Å². The van der Waals surface area contributed by atoms with Gasteiger partial charge in [0.25, 0.3) is 5.91 Å². The quantitative estimate of drug-likeness (QED) is 0.592. The van der Waals surface area contributed by atoms with Gasteiger partial charge in [0, 0.05) is 0 Å². The van der Waals surface area contributed by atoms with Crippen LogP contribution in [0.1, 0.15) is 32.6 Å². The van der Waals surface area contributed by atoms with Crippen molar-refractivity contribution in [1.29, 1.82) is 0 Å². The van der Waals surface area contributed by atoms with Crippen molar-refractivity contribution >= 4 is 22.9 Å². The monoisotopic (exact) mass is 395 g/mol. The Morgan fingerprint density at radius 3 is 2.45 bits per heavy atom. The zero-order valence-electron chi connectivity index (χ0n) is 16.8. The molecule has 1 atom stereocenters. The lowest BCUT2D eigenvalue weighted by Crippen LogP contribution is -2.33. The van der Waals surface area contributed by atoms with Gasteiger partial charge >= 0.3 is 5.97 Å². The van der Waals surface area contributed by atoms with E-state index in [0.29, 0.717) is 11.6 Å². The van der Waals surface area contributed by atoms with Gasteiger partial charge in [0.2, 0.25) is 0 Å². The molecule has 0 spiro atoms. The summed E-state index contributed by atoms with van der Waals surface area (Å²) in [5.41, 5.74) is 1.56. The smallest absolute Gasteiger partial charge is 0.326 e. The van der Waals surface area contributed by atoms with Gasteiger partial charge < -0.3 is 19.4 Å². The number of imidazole rings is 1. The average Bonchev–Trinajstić information content (AvgIpc) is 3.05. The molecule has 1 N–H and O–H groups in total. The van der Waals surface area contributed by atoms with Crippen LogP contribution in [0.25, 0.3) is 11.0 Å². The van der Waals surface area contributed by atoms with Crippen LogP contribution in [0.4, 0.5) is 0 Å². The Labute approximate surface area is 169 Å². The number of hydrogen-bond donors (Lipinski definition) is 1. The van der Waals surface area contributed by atoms with Crippen molar-refractivity contribution in [2.75, 3.05) is 6.61 Å². The molecule has 0 aliphatic carbocycles. The third-order valence-corrected chi connectivity index (χ3v) is 4.22. The summed E-state index contributed by atoms with van der Waals surface area (Å²) in [4.78, 5) is 29.2. The van der Waals surface area contributed by atoms with E-state index in [1.54, 1.807) is 30.5 Å². The molecule has 152 valence electrons. The Balaban J connectivity index is 1.74. The van der Waals surface area contributed by atoms with Gasteiger partial charge in [0.05, 0.1) is 23.2 Å². The second kappa shape index (κ2) is 9.23. The Morgan fingerprint density at radius 1 is 1.03 bits per heavy atom. The van der Waals surface area contributed by atoms with E-state index in [1.807, 2.05) is 49.4 Å². The minimum absolute atomic E-state index is 0.0226. The number of carbonyl (C=O) groups is 2. The first-order chi connectivity index (χ1) is 13.9. The van der Waals surface area contributed by atoms with Crippen LogP contribution in [0.15, 0.2) is 54.6 Å². The molecule has 29 heavy (non-hydrogen) atoms. The summed E-state index contributed by atoms with van der Waals surface area (Å²) in [5, 5.41) is 2.88. The molecule has 0 aliphatic heterocycles. The predicted molar refractivity (Wildman–Crippen MR) is 109 cm³/mol. The minimum Gasteiger partial charge on any atom is -0.484 e. The van der Waals surface area contributed by atoms with Crippen molar-refractivity contribution in [3.8, 4) is 5.75 Å². The number of carbonyl (C=O) groups excluding carboxylic acids is 2. The second-order valence-corrected chi connectivity index (χ2v) is 6.97. The van der Waals surface area contributed by atoms with Gasteiger partial charge in [-0.1, -0.05) is 30.3 Å². The molecule has 3 rings (SSSR count). The standard InChI is InChI=1S/C22H25N3O4/c1-15(2)29-21(27)13-25-19-12-8-7-11-18(19)24-22(25)16(3)23-20(26)14-28-17-9-5-4-6-10-17/h4-12,15-16H,13-14H2,1-3H3,(H,23,26). The molecule has 7 heteroatoms. The van der Waals surface area contributed by atoms with Crippen molar-refractivity contribution < 1.29 is 19.1 Å². The minimum atomic E-state index is -0.416. The number of rotatable bonds is 8. The van der Waals surface area contributed by atoms with Gasteiger partial charge in [-0.2, -0.15) is 0 Å². The lowest BCUT2D eigenvalue weighted by atomic mass is 10.3. The molecule has 0 saturated carbocycles. The topological polar surface area (TPSA) is 82.5 Å². The predicted octanol–water partition coefficient (Wildman–Crippen LogP) is 3.24. The van der Waals surface area contributed by atoms with Crippen molar-refractivity contribution in [1.82, 2.24) is 14.9 Å². The lowest BCUT2D eigenvalue weighted by molar-refractivity contribution is -0.148. The van der Waals surface area contributed by atoms with E-state index in [2.05, 4.69) is 10.3 Å². The van der Waals surface area contributed by atoms with E-state index < -0.39 is 6.04 Å². The molecule has 0 saturated heterocycles. The molecule has 0 aliphatic rings. The lowest BCUT2D eigenvalue weighted by Gasteiger charge is -2.17. The van der Waals surface area contributed by atoms with E-state index in [1.165, 1.54) is 0 Å². The van der Waals surface area contributed by atoms with Crippen LogP contribution in [0.3, 0.4) is 0 Å². The van der Waals surface area contributed by atoms with Gasteiger partial charge in [-0.15, -0.1) is 0 Å². The summed E-state index contributed by atoms with van der Waals surface area (Å²) in [5.74, 6) is 0.582. The summed E-state index contributed by atoms with van der Waals surface area (Å²) in [6.45, 7) is 5.35. The zero-order valence-corrected chi connectivity index (χ0v) is 16.8. The number of fused-ring (bicyclic) bond motifs is 1. The first-order valence-electron chi connectivity index (χ1n) is 9.56. The van der Waals surface area contributed by atoms with Crippen LogP contribution in [0.5, 0.6) is 5.75 Å². The van der Waals surface area contributed by atoms with E-state index >= 15 is 0 Å². The summed E-state index contributed by atoms with van der Waals surface area (Å²) in [6.07, 6.45) is -0.201. The summed E-state index contributed by atoms with van der Waals surface area (Å²) in [7, 11) is 0. The molecule has 1 amide bonds. The van der Waals surface area contributed by atoms with Crippen LogP contribution in [-0.4, -0.2) is 34.1 Å². The number of benzene rings is 2. The number of nitrogens with one attached hydrogen (secondary N) is 1. The molecule has 0 radical (unpaired) electrons. The number of hydrogen-bond acceptors (Lipinski definition) is 5. The molecule has 3 aromatic rings. The number of amides is 1. The highest BCUT2D eigenvalue weighted by atomic mass is 16.5. The number of esters is 1. The van der Waals surface area contributed by atoms with Gasteiger partial charge in [-0.05, 0) is 45.0 Å². The molecule has 1 unspecified atom stereocenters. The Morgan fingerprint density at radius 2 is 1.72 bits per heavy atom. The van der Waals surface area contributed by atoms with Gasteiger partial charge in [-0.3, -0.25) is 9.59 Å². The fourth-order valence-corrected chi connectivity index (χ4v) is 3.03. The van der Waals surface area contributed by atoms with Crippen molar-refractivity contribution in [3.05, 3.63) is 60.4 Å². The molecule has 7 nitrogen and oxygen atoms in total. The maximum atomic E-state index is 12.3. The molecule has 2 aromatic carbocycles. The van der Waals surface area contributed by atoms with E-state index in [0.717, 1.165) is 11.0 Å². The third-order valence-electron chi connectivity index (χ3n) is 4.22. The normalized spacial score (nSPS) is 12.0. The molecule has 1 heterocycles. The molecule has 1 aromatic heterocycles. The van der Waals surface area contributed by atoms with Crippen LogP contribution < -0.4 is 10.1 Å². The van der Waals surface area contributed by atoms with E-state index in [9.17, 15) is 9.59 Å². The van der Waals surface area contributed by atoms with Crippen LogP contribution >= 0.6 is 0 Å². The fourth-order valence-electron chi connectivity index (χ4n) is 3.03. The van der Waals surface area contributed by atoms with Crippen molar-refractivity contribution in [2.24, 2.45) is 0 Å². The van der Waals surface area contributed by atoms with Crippen LogP contribution in [0, 0.1) is 0 Å². The summed E-state index contributed by atoms with van der Waals surface area (Å²) < 4.78 is 12.6. The van der Waals surface area contributed by atoms with E-state index in [-0.39, 0.29) is 31.1 Å². The van der Waals surface area contributed by atoms with Crippen molar-refractivity contribution in [3.63, 3.8) is 0 Å². The zero-order chi connectivity index (χ0) is 20.8. The van der Waals surface area contributed by atoms with Crippen LogP contribution in [-0.2, 0) is 20.9 Å². The highest BCUT2D eigenvalue weighted by molar-refractivity contribution is 5.80. The Kier molecular flexibility index (Phi) is 6.49. The number of para-hydroxylation sites is 3. The van der Waals surface area contributed by atoms with E-state index in [4.69, 9.17) is 9.47 Å². The third kappa shape index (κ3) is 5.34. The molecular weight excluding hydrogens is 370 g/mol. The first kappa shape index (κ1) is 20.4. The van der Waals surface area contributed by atoms with Gasteiger partial charge in [-0.25, -0.2) is 4.98 Å². The number of ether oxygens (including phenoxy) is 2. The maximum absolute atomic E-state index is 12.3. The van der Waals surface area contributed by atoms with Gasteiger partial charge in [0.15, 0.2) is 6.61 Å².